The lowest BCUT2D eigenvalue weighted by molar-refractivity contribution is 0.196. The molecule has 0 atom stereocenters. The second kappa shape index (κ2) is 25.2. The Morgan fingerprint density at radius 1 is 0.659 bits per heavy atom. The van der Waals surface area contributed by atoms with Crippen LogP contribution in [0, 0.1) is 11.8 Å². The van der Waals surface area contributed by atoms with Gasteiger partial charge in [-0.1, -0.05) is 90.5 Å². The van der Waals surface area contributed by atoms with Crippen LogP contribution in [0.1, 0.15) is 136 Å². The number of nitrogens with zero attached hydrogens (tertiary/aromatic N) is 1. The van der Waals surface area contributed by atoms with Crippen LogP contribution in [0.15, 0.2) is 24.3 Å². The first-order chi connectivity index (χ1) is 21.3. The van der Waals surface area contributed by atoms with Crippen molar-refractivity contribution in [1.29, 1.82) is 0 Å². The van der Waals surface area contributed by atoms with Crippen LogP contribution in [0.4, 0.5) is 0 Å². The molecular weight excluding hydrogens is 538 g/mol. The Morgan fingerprint density at radius 2 is 1.18 bits per heavy atom. The van der Waals surface area contributed by atoms with Crippen molar-refractivity contribution in [3.63, 3.8) is 0 Å². The molecule has 1 aromatic carbocycles. The van der Waals surface area contributed by atoms with Crippen molar-refractivity contribution in [3.05, 3.63) is 35.4 Å². The Labute approximate surface area is 274 Å². The minimum Gasteiger partial charge on any atom is -0.314 e. The SMILES string of the molecule is CC(C)CCCNC1CCCCC1.CC(C)Cc1ccc(CNCCCNC2CCCCC2)cc1.CC(C)N1CCNCC1. The van der Waals surface area contributed by atoms with E-state index < -0.39 is 0 Å². The maximum atomic E-state index is 3.71. The van der Waals surface area contributed by atoms with Gasteiger partial charge in [0.2, 0.25) is 0 Å². The number of piperazine rings is 1. The van der Waals surface area contributed by atoms with E-state index in [0.717, 1.165) is 62.7 Å². The van der Waals surface area contributed by atoms with Gasteiger partial charge in [0.1, 0.15) is 0 Å². The van der Waals surface area contributed by atoms with Gasteiger partial charge in [-0.05, 0) is 108 Å². The van der Waals surface area contributed by atoms with Gasteiger partial charge in [-0.3, -0.25) is 4.90 Å². The van der Waals surface area contributed by atoms with Crippen molar-refractivity contribution in [2.45, 2.75) is 156 Å². The van der Waals surface area contributed by atoms with Crippen LogP contribution in [0.3, 0.4) is 0 Å². The summed E-state index contributed by atoms with van der Waals surface area (Å²) in [5.74, 6) is 1.61. The van der Waals surface area contributed by atoms with E-state index in [0.29, 0.717) is 0 Å². The fraction of sp³-hybridized carbons (Fsp3) is 0.846. The molecule has 4 rings (SSSR count). The molecule has 5 heteroatoms. The molecule has 2 aliphatic carbocycles. The van der Waals surface area contributed by atoms with Crippen molar-refractivity contribution < 1.29 is 0 Å². The number of hydrogen-bond donors (Lipinski definition) is 4. The molecule has 3 aliphatic rings. The lowest BCUT2D eigenvalue weighted by atomic mass is 9.95. The molecule has 1 aliphatic heterocycles. The molecule has 0 radical (unpaired) electrons. The van der Waals surface area contributed by atoms with Crippen molar-refractivity contribution in [3.8, 4) is 0 Å². The monoisotopic (exact) mass is 614 g/mol. The van der Waals surface area contributed by atoms with Gasteiger partial charge in [-0.15, -0.1) is 0 Å². The fourth-order valence-electron chi connectivity index (χ4n) is 6.65. The van der Waals surface area contributed by atoms with Crippen LogP contribution in [0.5, 0.6) is 0 Å². The third-order valence-corrected chi connectivity index (χ3v) is 9.44. The van der Waals surface area contributed by atoms with Gasteiger partial charge in [-0.2, -0.15) is 0 Å². The Hall–Kier alpha value is -0.980. The summed E-state index contributed by atoms with van der Waals surface area (Å²) in [6.45, 7) is 22.9. The third kappa shape index (κ3) is 20.2. The average molecular weight is 614 g/mol. The molecule has 1 heterocycles. The Balaban J connectivity index is 0.000000258. The molecule has 1 aromatic rings. The maximum Gasteiger partial charge on any atom is 0.0205 e. The van der Waals surface area contributed by atoms with Crippen LogP contribution < -0.4 is 21.3 Å². The molecule has 0 spiro atoms. The summed E-state index contributed by atoms with van der Waals surface area (Å²) >= 11 is 0. The van der Waals surface area contributed by atoms with E-state index in [9.17, 15) is 0 Å². The molecule has 4 N–H and O–H groups in total. The largest absolute Gasteiger partial charge is 0.314 e. The Morgan fingerprint density at radius 3 is 1.66 bits per heavy atom. The van der Waals surface area contributed by atoms with Crippen molar-refractivity contribution in [2.24, 2.45) is 11.8 Å². The highest BCUT2D eigenvalue weighted by molar-refractivity contribution is 5.22. The van der Waals surface area contributed by atoms with E-state index in [1.54, 1.807) is 0 Å². The van der Waals surface area contributed by atoms with Crippen LogP contribution >= 0.6 is 0 Å². The third-order valence-electron chi connectivity index (χ3n) is 9.44. The topological polar surface area (TPSA) is 51.4 Å². The lowest BCUT2D eigenvalue weighted by Crippen LogP contribution is -2.46. The maximum absolute atomic E-state index is 3.71. The van der Waals surface area contributed by atoms with E-state index in [1.165, 1.54) is 121 Å². The molecular formula is C39H75N5. The fourth-order valence-corrected chi connectivity index (χ4v) is 6.65. The van der Waals surface area contributed by atoms with Gasteiger partial charge in [-0.25, -0.2) is 0 Å². The first-order valence-corrected chi connectivity index (χ1v) is 19.0. The normalized spacial score (nSPS) is 18.7. The first-order valence-electron chi connectivity index (χ1n) is 19.0. The van der Waals surface area contributed by atoms with E-state index in [1.807, 2.05) is 0 Å². The lowest BCUT2D eigenvalue weighted by Gasteiger charge is -2.30. The van der Waals surface area contributed by atoms with Gasteiger partial charge < -0.3 is 21.3 Å². The van der Waals surface area contributed by atoms with Crippen molar-refractivity contribution in [1.82, 2.24) is 26.2 Å². The predicted octanol–water partition coefficient (Wildman–Crippen LogP) is 7.93. The van der Waals surface area contributed by atoms with Crippen LogP contribution in [-0.4, -0.2) is 68.8 Å². The molecule has 0 bridgehead atoms. The highest BCUT2D eigenvalue weighted by atomic mass is 15.2. The van der Waals surface area contributed by atoms with Crippen LogP contribution in [-0.2, 0) is 13.0 Å². The second-order valence-electron chi connectivity index (χ2n) is 14.9. The summed E-state index contributed by atoms with van der Waals surface area (Å²) in [6.07, 6.45) is 19.4. The number of hydrogen-bond acceptors (Lipinski definition) is 5. The van der Waals surface area contributed by atoms with Crippen LogP contribution in [0.25, 0.3) is 0 Å². The van der Waals surface area contributed by atoms with Gasteiger partial charge in [0.25, 0.3) is 0 Å². The van der Waals surface area contributed by atoms with E-state index in [2.05, 4.69) is 92.0 Å². The molecule has 44 heavy (non-hydrogen) atoms. The zero-order chi connectivity index (χ0) is 31.8. The summed E-state index contributed by atoms with van der Waals surface area (Å²) < 4.78 is 0. The zero-order valence-electron chi connectivity index (χ0n) is 30.2. The van der Waals surface area contributed by atoms with Gasteiger partial charge >= 0.3 is 0 Å². The van der Waals surface area contributed by atoms with Gasteiger partial charge in [0.05, 0.1) is 0 Å². The first kappa shape index (κ1) is 39.2. The average Bonchev–Trinajstić information content (AvgIpc) is 3.03. The van der Waals surface area contributed by atoms with E-state index in [-0.39, 0.29) is 0 Å². The van der Waals surface area contributed by atoms with E-state index >= 15 is 0 Å². The minimum absolute atomic E-state index is 0.729. The predicted molar refractivity (Wildman–Crippen MR) is 195 cm³/mol. The molecule has 3 fully saturated rings. The molecule has 0 amide bonds. The summed E-state index contributed by atoms with van der Waals surface area (Å²) in [5.41, 5.74) is 2.85. The summed E-state index contributed by atoms with van der Waals surface area (Å²) in [5, 5.41) is 14.3. The Bertz CT molecular complexity index is 759. The highest BCUT2D eigenvalue weighted by Crippen LogP contribution is 2.18. The number of nitrogens with one attached hydrogen (secondary N) is 4. The zero-order valence-corrected chi connectivity index (χ0v) is 30.2. The smallest absolute Gasteiger partial charge is 0.0205 e. The summed E-state index contributed by atoms with van der Waals surface area (Å²) in [4.78, 5) is 2.50. The number of benzene rings is 1. The second-order valence-corrected chi connectivity index (χ2v) is 14.9. The molecule has 5 nitrogen and oxygen atoms in total. The van der Waals surface area contributed by atoms with Crippen LogP contribution in [0.2, 0.25) is 0 Å². The number of rotatable bonds is 15. The van der Waals surface area contributed by atoms with Crippen molar-refractivity contribution >= 4 is 0 Å². The summed E-state index contributed by atoms with van der Waals surface area (Å²) in [6, 6.07) is 11.5. The quantitative estimate of drug-likeness (QED) is 0.151. The standard InChI is InChI=1S/C20H34N2.C12H25N.C7H16N2/c1-17(2)15-18-9-11-19(12-10-18)16-21-13-6-14-22-20-7-4-3-5-8-20;1-11(2)7-6-10-13-12-8-4-3-5-9-12;1-7(2)9-5-3-8-4-6-9/h9-12,17,20-22H,3-8,13-16H2,1-2H3;11-13H,3-10H2,1-2H3;7-8H,3-6H2,1-2H3. The highest BCUT2D eigenvalue weighted by Gasteiger charge is 2.13. The molecule has 0 unspecified atom stereocenters. The Kier molecular flexibility index (Phi) is 22.4. The molecule has 2 saturated carbocycles. The molecule has 256 valence electrons. The van der Waals surface area contributed by atoms with Gasteiger partial charge in [0, 0.05) is 50.8 Å². The van der Waals surface area contributed by atoms with E-state index in [4.69, 9.17) is 0 Å². The minimum atomic E-state index is 0.729. The van der Waals surface area contributed by atoms with Gasteiger partial charge in [0.15, 0.2) is 0 Å². The molecule has 1 saturated heterocycles. The van der Waals surface area contributed by atoms with Crippen molar-refractivity contribution in [2.75, 3.05) is 45.8 Å². The summed E-state index contributed by atoms with van der Waals surface area (Å²) in [7, 11) is 0. The molecule has 0 aromatic heterocycles.